The molecule has 6 rings (SSSR count). The van der Waals surface area contributed by atoms with Crippen LogP contribution in [-0.2, 0) is 27.5 Å². The highest BCUT2D eigenvalue weighted by molar-refractivity contribution is 6.03. The van der Waals surface area contributed by atoms with Crippen LogP contribution < -0.4 is 0 Å². The zero-order valence-electron chi connectivity index (χ0n) is 27.6. The van der Waals surface area contributed by atoms with Crippen LogP contribution in [0.15, 0.2) is 108 Å². The highest BCUT2D eigenvalue weighted by atomic mass is 19.1. The highest BCUT2D eigenvalue weighted by Gasteiger charge is 2.51. The topological polar surface area (TPSA) is 129 Å². The molecule has 1 aromatic heterocycles. The number of ether oxygens (including phenoxy) is 1. The number of carbonyl (C=O) groups excluding carboxylic acids is 2. The molecule has 0 aliphatic carbocycles. The van der Waals surface area contributed by atoms with E-state index in [9.17, 15) is 24.2 Å². The lowest BCUT2D eigenvalue weighted by atomic mass is 9.76. The molecule has 0 saturated carbocycles. The largest absolute Gasteiger partial charge is 0.460 e. The Kier molecular flexibility index (Phi) is 11.1. The maximum atomic E-state index is 15.0. The Morgan fingerprint density at radius 2 is 1.46 bits per heavy atom. The summed E-state index contributed by atoms with van der Waals surface area (Å²) in [6.45, 7) is 1.03. The molecule has 1 aliphatic heterocycles. The van der Waals surface area contributed by atoms with Crippen LogP contribution in [0.25, 0.3) is 34.0 Å². The molecule has 0 atom stereocenters. The summed E-state index contributed by atoms with van der Waals surface area (Å²) in [5.74, 6) is -0.811. The van der Waals surface area contributed by atoms with E-state index >= 15 is 0 Å². The number of nitrogens with zero attached hydrogens (tertiary/aromatic N) is 4. The van der Waals surface area contributed by atoms with Gasteiger partial charge in [-0.3, -0.25) is 14.5 Å². The Bertz CT molecular complexity index is 1870. The monoisotopic (exact) mass is 678 g/mol. The molecule has 5 aromatic rings. The molecule has 0 bridgehead atoms. The number of likely N-dealkylation sites (tertiary alicyclic amines) is 1. The van der Waals surface area contributed by atoms with E-state index in [2.05, 4.69) is 15.0 Å². The molecule has 10 nitrogen and oxygen atoms in total. The van der Waals surface area contributed by atoms with Crippen molar-refractivity contribution in [1.29, 1.82) is 0 Å². The van der Waals surface area contributed by atoms with Crippen molar-refractivity contribution >= 4 is 11.9 Å². The van der Waals surface area contributed by atoms with Gasteiger partial charge in [-0.15, -0.1) is 0 Å². The number of aromatic nitrogens is 2. The summed E-state index contributed by atoms with van der Waals surface area (Å²) in [7, 11) is 0. The number of aliphatic hydroxyl groups excluding tert-OH is 2. The summed E-state index contributed by atoms with van der Waals surface area (Å²) >= 11 is 0. The Labute approximate surface area is 289 Å². The molecule has 1 saturated heterocycles. The van der Waals surface area contributed by atoms with Gasteiger partial charge in [0.15, 0.2) is 0 Å². The van der Waals surface area contributed by atoms with Crippen molar-refractivity contribution < 1.29 is 33.5 Å². The predicted molar refractivity (Wildman–Crippen MR) is 184 cm³/mol. The minimum atomic E-state index is -1.42. The lowest BCUT2D eigenvalue weighted by molar-refractivity contribution is -0.171. The van der Waals surface area contributed by atoms with Gasteiger partial charge in [0, 0.05) is 49.4 Å². The molecule has 50 heavy (non-hydrogen) atoms. The van der Waals surface area contributed by atoms with E-state index in [4.69, 9.17) is 9.26 Å². The third-order valence-electron chi connectivity index (χ3n) is 9.09. The van der Waals surface area contributed by atoms with Crippen LogP contribution in [0.3, 0.4) is 0 Å². The van der Waals surface area contributed by atoms with Crippen molar-refractivity contribution in [2.24, 2.45) is 5.41 Å². The van der Waals surface area contributed by atoms with E-state index in [0.717, 1.165) is 22.3 Å². The van der Waals surface area contributed by atoms with Crippen molar-refractivity contribution in [1.82, 2.24) is 19.9 Å². The second kappa shape index (κ2) is 16.0. The summed E-state index contributed by atoms with van der Waals surface area (Å²) in [5, 5.41) is 23.2. The minimum Gasteiger partial charge on any atom is -0.460 e. The number of esters is 1. The molecule has 2 N–H and O–H groups in total. The summed E-state index contributed by atoms with van der Waals surface area (Å²) in [5.41, 5.74) is 2.91. The summed E-state index contributed by atoms with van der Waals surface area (Å²) in [6.07, 6.45) is 0.479. The first-order valence-corrected chi connectivity index (χ1v) is 16.6. The summed E-state index contributed by atoms with van der Waals surface area (Å²) in [4.78, 5) is 35.5. The van der Waals surface area contributed by atoms with E-state index in [-0.39, 0.29) is 57.5 Å². The van der Waals surface area contributed by atoms with Gasteiger partial charge in [0.25, 0.3) is 5.89 Å². The van der Waals surface area contributed by atoms with Gasteiger partial charge < -0.3 is 24.4 Å². The number of carbonyl (C=O) groups is 2. The van der Waals surface area contributed by atoms with Crippen LogP contribution in [0, 0.1) is 11.2 Å². The van der Waals surface area contributed by atoms with Crippen molar-refractivity contribution in [3.63, 3.8) is 0 Å². The number of rotatable bonds is 13. The van der Waals surface area contributed by atoms with E-state index in [0.29, 0.717) is 36.6 Å². The molecular formula is C39H39FN4O6. The number of amides is 1. The smallest absolute Gasteiger partial charge is 0.322 e. The first kappa shape index (κ1) is 34.6. The van der Waals surface area contributed by atoms with Crippen LogP contribution in [0.4, 0.5) is 4.39 Å². The van der Waals surface area contributed by atoms with Gasteiger partial charge in [-0.05, 0) is 41.7 Å². The van der Waals surface area contributed by atoms with E-state index in [1.165, 1.54) is 11.0 Å². The average Bonchev–Trinajstić information content (AvgIpc) is 3.65. The lowest BCUT2D eigenvalue weighted by Gasteiger charge is -2.41. The molecule has 258 valence electrons. The van der Waals surface area contributed by atoms with Gasteiger partial charge in [0.2, 0.25) is 11.7 Å². The van der Waals surface area contributed by atoms with Crippen LogP contribution >= 0.6 is 0 Å². The van der Waals surface area contributed by atoms with E-state index < -0.39 is 17.3 Å². The molecule has 11 heteroatoms. The molecule has 0 spiro atoms. The third kappa shape index (κ3) is 7.81. The average molecular weight is 679 g/mol. The molecule has 4 aromatic carbocycles. The molecule has 1 fully saturated rings. The molecule has 0 radical (unpaired) electrons. The highest BCUT2D eigenvalue weighted by Crippen LogP contribution is 2.36. The number of hydrogen-bond acceptors (Lipinski definition) is 9. The summed E-state index contributed by atoms with van der Waals surface area (Å²) in [6, 6.07) is 31.2. The van der Waals surface area contributed by atoms with Gasteiger partial charge in [-0.2, -0.15) is 4.98 Å². The van der Waals surface area contributed by atoms with Gasteiger partial charge in [0.1, 0.15) is 17.8 Å². The maximum absolute atomic E-state index is 15.0. The van der Waals surface area contributed by atoms with Gasteiger partial charge in [-0.25, -0.2) is 4.39 Å². The second-order valence-corrected chi connectivity index (χ2v) is 12.3. The van der Waals surface area contributed by atoms with Crippen LogP contribution in [0.5, 0.6) is 0 Å². The standard InChI is InChI=1S/C39H39FN4O6/c40-34-25-32(15-16-33(34)30-9-5-2-6-10-30)36-41-35(42-50-36)31-13-11-28(12-14-31)26-43-19-17-39(18-20-43,37(47)44(21-23-45)22-24-46)38(48)49-27-29-7-3-1-4-8-29/h1-16,25,45-46H,17-24,26-27H2. The maximum Gasteiger partial charge on any atom is 0.322 e. The number of aliphatic hydroxyl groups is 2. The van der Waals surface area contributed by atoms with Gasteiger partial charge in [-0.1, -0.05) is 96.2 Å². The molecule has 0 unspecified atom stereocenters. The fraction of sp³-hybridized carbons (Fsp3) is 0.282. The first-order valence-electron chi connectivity index (χ1n) is 16.6. The van der Waals surface area contributed by atoms with Crippen molar-refractivity contribution in [3.05, 3.63) is 120 Å². The zero-order valence-corrected chi connectivity index (χ0v) is 27.6. The normalized spacial score (nSPS) is 14.3. The number of piperidine rings is 1. The number of halogens is 1. The van der Waals surface area contributed by atoms with E-state index in [1.54, 1.807) is 12.1 Å². The predicted octanol–water partition coefficient (Wildman–Crippen LogP) is 5.35. The SMILES string of the molecule is O=C(OCc1ccccc1)C1(C(=O)N(CCO)CCO)CCN(Cc2ccc(-c3noc(-c4ccc(-c5ccccc5)c(F)c4)n3)cc2)CC1. The molecule has 1 amide bonds. The van der Waals surface area contributed by atoms with Crippen LogP contribution in [-0.4, -0.2) is 81.4 Å². The third-order valence-corrected chi connectivity index (χ3v) is 9.09. The fourth-order valence-corrected chi connectivity index (χ4v) is 6.29. The Morgan fingerprint density at radius 1 is 0.820 bits per heavy atom. The van der Waals surface area contributed by atoms with Gasteiger partial charge in [0.05, 0.1) is 13.2 Å². The van der Waals surface area contributed by atoms with Gasteiger partial charge >= 0.3 is 5.97 Å². The second-order valence-electron chi connectivity index (χ2n) is 12.3. The fourth-order valence-electron chi connectivity index (χ4n) is 6.29. The quantitative estimate of drug-likeness (QED) is 0.125. The number of benzene rings is 4. The van der Waals surface area contributed by atoms with E-state index in [1.807, 2.05) is 84.9 Å². The van der Waals surface area contributed by atoms with Crippen LogP contribution in [0.1, 0.15) is 24.0 Å². The van der Waals surface area contributed by atoms with Crippen molar-refractivity contribution in [2.75, 3.05) is 39.4 Å². The van der Waals surface area contributed by atoms with Crippen molar-refractivity contribution in [3.8, 4) is 34.0 Å². The van der Waals surface area contributed by atoms with Crippen molar-refractivity contribution in [2.45, 2.75) is 26.0 Å². The minimum absolute atomic E-state index is 0.0163. The summed E-state index contributed by atoms with van der Waals surface area (Å²) < 4.78 is 26.1. The Morgan fingerprint density at radius 3 is 2.10 bits per heavy atom. The number of hydrogen-bond donors (Lipinski definition) is 2. The first-order chi connectivity index (χ1) is 24.4. The molecule has 1 aliphatic rings. The Balaban J connectivity index is 1.10. The Hall–Kier alpha value is -5.23. The van der Waals surface area contributed by atoms with Crippen LogP contribution in [0.2, 0.25) is 0 Å². The lowest BCUT2D eigenvalue weighted by Crippen LogP contribution is -2.55. The molecule has 2 heterocycles. The zero-order chi connectivity index (χ0) is 34.9. The molecular weight excluding hydrogens is 639 g/mol.